The van der Waals surface area contributed by atoms with Crippen LogP contribution in [0.5, 0.6) is 0 Å². The zero-order valence-electron chi connectivity index (χ0n) is 19.2. The van der Waals surface area contributed by atoms with Crippen molar-refractivity contribution in [1.82, 2.24) is 10.4 Å². The second-order valence-electron chi connectivity index (χ2n) is 7.82. The van der Waals surface area contributed by atoms with E-state index in [1.807, 2.05) is 0 Å². The third-order valence-electron chi connectivity index (χ3n) is 5.46. The molecule has 0 fully saturated rings. The number of anilines is 1. The number of hydrogen-bond acceptors (Lipinski definition) is 7. The number of nitrogens with one attached hydrogen (secondary N) is 2. The molecule has 1 aliphatic carbocycles. The normalized spacial score (nSPS) is 13.7. The first-order valence-corrected chi connectivity index (χ1v) is 11.9. The number of aryl methyl sites for hydroxylation is 1. The minimum atomic E-state index is -0.523. The van der Waals surface area contributed by atoms with E-state index >= 15 is 0 Å². The summed E-state index contributed by atoms with van der Waals surface area (Å²) in [4.78, 5) is 41.8. The Morgan fingerprint density at radius 2 is 1.97 bits per heavy atom. The van der Waals surface area contributed by atoms with Crippen LogP contribution in [0.4, 0.5) is 5.69 Å². The van der Waals surface area contributed by atoms with Gasteiger partial charge < -0.3 is 14.5 Å². The number of pyridine rings is 1. The average Bonchev–Trinajstić information content (AvgIpc) is 3.20. The molecular weight excluding hydrogens is 516 g/mol. The first-order chi connectivity index (χ1) is 16.9. The van der Waals surface area contributed by atoms with Crippen LogP contribution in [0, 0.1) is 6.92 Å². The highest BCUT2D eigenvalue weighted by atomic mass is 79.9. The number of rotatable bonds is 6. The fraction of sp³-hybridized carbons (Fsp3) is 0.240. The number of ether oxygens (including phenoxy) is 1. The molecule has 0 atom stereocenters. The molecule has 0 saturated carbocycles. The van der Waals surface area contributed by atoms with Crippen LogP contribution in [-0.2, 0) is 11.2 Å². The summed E-state index contributed by atoms with van der Waals surface area (Å²) in [6.45, 7) is 3.71. The number of aromatic nitrogens is 1. The van der Waals surface area contributed by atoms with Crippen LogP contribution in [0.15, 0.2) is 56.7 Å². The molecule has 35 heavy (non-hydrogen) atoms. The molecule has 2 amide bonds. The molecule has 1 aromatic carbocycles. The fourth-order valence-electron chi connectivity index (χ4n) is 3.87. The molecule has 180 valence electrons. The predicted octanol–water partition coefficient (Wildman–Crippen LogP) is 4.64. The van der Waals surface area contributed by atoms with E-state index in [4.69, 9.17) is 9.15 Å². The number of carbonyl (C=O) groups is 3. The van der Waals surface area contributed by atoms with E-state index in [1.165, 1.54) is 6.20 Å². The van der Waals surface area contributed by atoms with Gasteiger partial charge in [-0.15, -0.1) is 0 Å². The van der Waals surface area contributed by atoms with Crippen LogP contribution in [-0.4, -0.2) is 35.1 Å². The van der Waals surface area contributed by atoms with Gasteiger partial charge in [-0.3, -0.25) is 14.6 Å². The topological polar surface area (TPSA) is 123 Å². The lowest BCUT2D eigenvalue weighted by Crippen LogP contribution is -2.22. The van der Waals surface area contributed by atoms with E-state index in [1.54, 1.807) is 50.4 Å². The lowest BCUT2D eigenvalue weighted by Gasteiger charge is -2.13. The first kappa shape index (κ1) is 24.3. The van der Waals surface area contributed by atoms with Gasteiger partial charge in [0.05, 0.1) is 29.1 Å². The second kappa shape index (κ2) is 10.6. The predicted molar refractivity (Wildman–Crippen MR) is 133 cm³/mol. The highest BCUT2D eigenvalue weighted by molar-refractivity contribution is 9.10. The number of hydrazone groups is 1. The van der Waals surface area contributed by atoms with Crippen LogP contribution >= 0.6 is 15.9 Å². The van der Waals surface area contributed by atoms with Gasteiger partial charge in [-0.2, -0.15) is 5.10 Å². The summed E-state index contributed by atoms with van der Waals surface area (Å²) in [7, 11) is 0. The maximum Gasteiger partial charge on any atom is 0.340 e. The Labute approximate surface area is 210 Å². The van der Waals surface area contributed by atoms with Crippen molar-refractivity contribution in [3.8, 4) is 0 Å². The van der Waals surface area contributed by atoms with E-state index in [-0.39, 0.29) is 17.9 Å². The number of carbonyl (C=O) groups excluding carboxylic acids is 3. The number of para-hydroxylation sites is 1. The third kappa shape index (κ3) is 5.32. The summed E-state index contributed by atoms with van der Waals surface area (Å²) in [5.74, 6) is -0.643. The van der Waals surface area contributed by atoms with Crippen LogP contribution in [0.1, 0.15) is 67.9 Å². The van der Waals surface area contributed by atoms with E-state index in [0.29, 0.717) is 51.2 Å². The summed E-state index contributed by atoms with van der Waals surface area (Å²) in [5.41, 5.74) is 5.48. The number of benzene rings is 1. The third-order valence-corrected chi connectivity index (χ3v) is 5.90. The molecular formula is C25H23BrN4O5. The van der Waals surface area contributed by atoms with Crippen molar-refractivity contribution in [3.05, 3.63) is 81.0 Å². The van der Waals surface area contributed by atoms with Gasteiger partial charge in [0.15, 0.2) is 5.76 Å². The highest BCUT2D eigenvalue weighted by Gasteiger charge is 2.28. The zero-order valence-corrected chi connectivity index (χ0v) is 20.8. The molecule has 0 unspecified atom stereocenters. The first-order valence-electron chi connectivity index (χ1n) is 11.1. The summed E-state index contributed by atoms with van der Waals surface area (Å²) < 4.78 is 11.7. The van der Waals surface area contributed by atoms with Gasteiger partial charge in [0, 0.05) is 34.4 Å². The Balaban J connectivity index is 1.57. The Bertz CT molecular complexity index is 1330. The molecule has 0 radical (unpaired) electrons. The number of esters is 1. The van der Waals surface area contributed by atoms with Gasteiger partial charge in [-0.1, -0.05) is 12.1 Å². The van der Waals surface area contributed by atoms with Crippen molar-refractivity contribution in [3.63, 3.8) is 0 Å². The number of fused-ring (bicyclic) bond motifs is 1. The van der Waals surface area contributed by atoms with E-state index in [2.05, 4.69) is 36.8 Å². The summed E-state index contributed by atoms with van der Waals surface area (Å²) in [6.07, 6.45) is 5.07. The molecule has 9 nitrogen and oxygen atoms in total. The van der Waals surface area contributed by atoms with Crippen LogP contribution in [0.3, 0.4) is 0 Å². The van der Waals surface area contributed by atoms with Crippen molar-refractivity contribution in [2.75, 3.05) is 11.9 Å². The number of hydrogen-bond donors (Lipinski definition) is 2. The van der Waals surface area contributed by atoms with E-state index in [9.17, 15) is 14.4 Å². The van der Waals surface area contributed by atoms with E-state index in [0.717, 1.165) is 6.42 Å². The SMILES string of the molecule is CCOC(=O)c1ccccc1NC(=O)c1oc2c(c1C)C(=NNC(=O)c1cncc(Br)c1)CCC2. The van der Waals surface area contributed by atoms with Gasteiger partial charge in [-0.25, -0.2) is 10.2 Å². The molecule has 2 aromatic heterocycles. The standard InChI is InChI=1S/C25H23BrN4O5/c1-3-34-25(33)17-7-4-5-8-18(17)28-24(32)22-14(2)21-19(9-6-10-20(21)35-22)29-30-23(31)15-11-16(26)13-27-12-15/h4-5,7-8,11-13H,3,6,9-10H2,1-2H3,(H,28,32)(H,30,31). The van der Waals surface area contributed by atoms with Crippen molar-refractivity contribution < 1.29 is 23.5 Å². The Kier molecular flexibility index (Phi) is 7.40. The van der Waals surface area contributed by atoms with E-state index < -0.39 is 17.8 Å². The lowest BCUT2D eigenvalue weighted by atomic mass is 9.93. The monoisotopic (exact) mass is 538 g/mol. The molecule has 3 aromatic rings. The van der Waals surface area contributed by atoms with Crippen LogP contribution < -0.4 is 10.7 Å². The van der Waals surface area contributed by atoms with Gasteiger partial charge in [0.25, 0.3) is 11.8 Å². The molecule has 0 spiro atoms. The Morgan fingerprint density at radius 3 is 2.74 bits per heavy atom. The summed E-state index contributed by atoms with van der Waals surface area (Å²) in [5, 5.41) is 7.08. The molecule has 1 aliphatic rings. The van der Waals surface area contributed by atoms with Gasteiger partial charge in [-0.05, 0) is 60.8 Å². The Hall–Kier alpha value is -3.79. The number of nitrogens with zero attached hydrogens (tertiary/aromatic N) is 2. The van der Waals surface area contributed by atoms with Crippen molar-refractivity contribution in [2.45, 2.75) is 33.1 Å². The van der Waals surface area contributed by atoms with Crippen LogP contribution in [0.25, 0.3) is 0 Å². The molecule has 0 saturated heterocycles. The minimum absolute atomic E-state index is 0.130. The maximum absolute atomic E-state index is 13.1. The minimum Gasteiger partial charge on any atom is -0.462 e. The molecule has 2 heterocycles. The largest absolute Gasteiger partial charge is 0.462 e. The summed E-state index contributed by atoms with van der Waals surface area (Å²) in [6, 6.07) is 8.27. The maximum atomic E-state index is 13.1. The molecule has 0 bridgehead atoms. The molecule has 0 aliphatic heterocycles. The van der Waals surface area contributed by atoms with Crippen LogP contribution in [0.2, 0.25) is 0 Å². The lowest BCUT2D eigenvalue weighted by molar-refractivity contribution is 0.0527. The number of furan rings is 1. The van der Waals surface area contributed by atoms with Gasteiger partial charge in [0.2, 0.25) is 0 Å². The zero-order chi connectivity index (χ0) is 24.9. The quantitative estimate of drug-likeness (QED) is 0.348. The van der Waals surface area contributed by atoms with Crippen molar-refractivity contribution in [2.24, 2.45) is 5.10 Å². The average molecular weight is 539 g/mol. The highest BCUT2D eigenvalue weighted by Crippen LogP contribution is 2.30. The number of halogens is 1. The van der Waals surface area contributed by atoms with Gasteiger partial charge >= 0.3 is 5.97 Å². The summed E-state index contributed by atoms with van der Waals surface area (Å²) >= 11 is 3.29. The molecule has 2 N–H and O–H groups in total. The Morgan fingerprint density at radius 1 is 1.17 bits per heavy atom. The number of amides is 2. The van der Waals surface area contributed by atoms with Gasteiger partial charge in [0.1, 0.15) is 5.76 Å². The second-order valence-corrected chi connectivity index (χ2v) is 8.74. The van der Waals surface area contributed by atoms with Crippen molar-refractivity contribution in [1.29, 1.82) is 0 Å². The molecule has 4 rings (SSSR count). The fourth-order valence-corrected chi connectivity index (χ4v) is 4.24. The van der Waals surface area contributed by atoms with Crippen molar-refractivity contribution >= 4 is 45.1 Å². The molecule has 10 heteroatoms. The smallest absolute Gasteiger partial charge is 0.340 e.